The predicted molar refractivity (Wildman–Crippen MR) is 46.6 cm³/mol. The summed E-state index contributed by atoms with van der Waals surface area (Å²) in [6.45, 7) is 5.66. The van der Waals surface area contributed by atoms with Crippen molar-refractivity contribution in [3.63, 3.8) is 0 Å². The minimum atomic E-state index is 0.311. The zero-order chi connectivity index (χ0) is 7.90. The Bertz CT molecular complexity index is 154. The summed E-state index contributed by atoms with van der Waals surface area (Å²) < 4.78 is 0. The fraction of sp³-hybridized carbons (Fsp3) is 1.00. The highest BCUT2D eigenvalue weighted by molar-refractivity contribution is 4.99. The molecule has 1 heterocycles. The van der Waals surface area contributed by atoms with Crippen LogP contribution in [0, 0.1) is 0 Å². The maximum absolute atomic E-state index is 3.69. The van der Waals surface area contributed by atoms with E-state index in [2.05, 4.69) is 24.5 Å². The van der Waals surface area contributed by atoms with Crippen LogP contribution in [0.15, 0.2) is 0 Å². The molecule has 64 valence electrons. The maximum atomic E-state index is 3.69. The summed E-state index contributed by atoms with van der Waals surface area (Å²) in [5, 5.41) is 7.30. The SMILES string of the molecule is CC1(C)CN[C@H]2CCC[C@@H]2N1. The van der Waals surface area contributed by atoms with Crippen LogP contribution in [-0.2, 0) is 0 Å². The smallest absolute Gasteiger partial charge is 0.0252 e. The Morgan fingerprint density at radius 1 is 1.18 bits per heavy atom. The quantitative estimate of drug-likeness (QED) is 0.541. The maximum Gasteiger partial charge on any atom is 0.0252 e. The molecule has 11 heavy (non-hydrogen) atoms. The fourth-order valence-corrected chi connectivity index (χ4v) is 2.32. The molecule has 0 unspecified atom stereocenters. The van der Waals surface area contributed by atoms with Crippen LogP contribution in [0.3, 0.4) is 0 Å². The van der Waals surface area contributed by atoms with E-state index in [0.29, 0.717) is 5.54 Å². The van der Waals surface area contributed by atoms with E-state index in [1.54, 1.807) is 0 Å². The van der Waals surface area contributed by atoms with Gasteiger partial charge in [0, 0.05) is 24.2 Å². The normalized spacial score (nSPS) is 42.0. The van der Waals surface area contributed by atoms with Crippen molar-refractivity contribution in [1.82, 2.24) is 10.6 Å². The second-order valence-corrected chi connectivity index (χ2v) is 4.55. The molecule has 1 aliphatic heterocycles. The summed E-state index contributed by atoms with van der Waals surface area (Å²) in [5.41, 5.74) is 0.311. The first-order chi connectivity index (χ1) is 5.17. The lowest BCUT2D eigenvalue weighted by Gasteiger charge is -2.40. The average molecular weight is 154 g/mol. The van der Waals surface area contributed by atoms with Gasteiger partial charge in [-0.05, 0) is 26.7 Å². The summed E-state index contributed by atoms with van der Waals surface area (Å²) in [6.07, 6.45) is 4.13. The van der Waals surface area contributed by atoms with Crippen LogP contribution in [0.25, 0.3) is 0 Å². The molecular weight excluding hydrogens is 136 g/mol. The van der Waals surface area contributed by atoms with E-state index in [4.69, 9.17) is 0 Å². The van der Waals surface area contributed by atoms with Crippen molar-refractivity contribution in [2.45, 2.75) is 50.7 Å². The van der Waals surface area contributed by atoms with Crippen molar-refractivity contribution >= 4 is 0 Å². The molecule has 1 saturated carbocycles. The molecular formula is C9H18N2. The van der Waals surface area contributed by atoms with Crippen molar-refractivity contribution in [2.75, 3.05) is 6.54 Å². The third-order valence-electron chi connectivity index (χ3n) is 2.90. The van der Waals surface area contributed by atoms with E-state index in [1.165, 1.54) is 19.3 Å². The number of piperazine rings is 1. The molecule has 0 aromatic heterocycles. The Morgan fingerprint density at radius 2 is 1.91 bits per heavy atom. The van der Waals surface area contributed by atoms with E-state index in [0.717, 1.165) is 18.6 Å². The molecule has 1 saturated heterocycles. The Hall–Kier alpha value is -0.0800. The van der Waals surface area contributed by atoms with Crippen molar-refractivity contribution < 1.29 is 0 Å². The van der Waals surface area contributed by atoms with Crippen LogP contribution in [0.5, 0.6) is 0 Å². The Kier molecular flexibility index (Phi) is 1.69. The monoisotopic (exact) mass is 154 g/mol. The number of hydrogen-bond donors (Lipinski definition) is 2. The van der Waals surface area contributed by atoms with Gasteiger partial charge in [0.25, 0.3) is 0 Å². The van der Waals surface area contributed by atoms with Crippen LogP contribution in [0.4, 0.5) is 0 Å². The van der Waals surface area contributed by atoms with Crippen LogP contribution < -0.4 is 10.6 Å². The predicted octanol–water partition coefficient (Wildman–Crippen LogP) is 0.879. The van der Waals surface area contributed by atoms with E-state index in [-0.39, 0.29) is 0 Å². The molecule has 2 rings (SSSR count). The highest BCUT2D eigenvalue weighted by Gasteiger charge is 2.36. The van der Waals surface area contributed by atoms with Gasteiger partial charge in [0.2, 0.25) is 0 Å². The van der Waals surface area contributed by atoms with Gasteiger partial charge in [0.1, 0.15) is 0 Å². The molecule has 0 aromatic carbocycles. The van der Waals surface area contributed by atoms with Crippen molar-refractivity contribution in [3.8, 4) is 0 Å². The van der Waals surface area contributed by atoms with Gasteiger partial charge in [-0.1, -0.05) is 6.42 Å². The first-order valence-electron chi connectivity index (χ1n) is 4.68. The van der Waals surface area contributed by atoms with Crippen LogP contribution in [0.1, 0.15) is 33.1 Å². The molecule has 0 radical (unpaired) electrons. The Labute approximate surface area is 68.7 Å². The lowest BCUT2D eigenvalue weighted by atomic mass is 9.97. The van der Waals surface area contributed by atoms with Gasteiger partial charge in [-0.3, -0.25) is 0 Å². The van der Waals surface area contributed by atoms with Crippen LogP contribution in [0.2, 0.25) is 0 Å². The second kappa shape index (κ2) is 2.46. The summed E-state index contributed by atoms with van der Waals surface area (Å²) >= 11 is 0. The molecule has 2 N–H and O–H groups in total. The van der Waals surface area contributed by atoms with Gasteiger partial charge in [0.15, 0.2) is 0 Å². The van der Waals surface area contributed by atoms with Crippen molar-refractivity contribution in [1.29, 1.82) is 0 Å². The zero-order valence-corrected chi connectivity index (χ0v) is 7.48. The zero-order valence-electron chi connectivity index (χ0n) is 7.48. The largest absolute Gasteiger partial charge is 0.311 e. The average Bonchev–Trinajstić information content (AvgIpc) is 2.31. The summed E-state index contributed by atoms with van der Waals surface area (Å²) in [6, 6.07) is 1.52. The highest BCUT2D eigenvalue weighted by Crippen LogP contribution is 2.24. The lowest BCUT2D eigenvalue weighted by molar-refractivity contribution is 0.228. The third kappa shape index (κ3) is 1.42. The molecule has 0 aromatic rings. The lowest BCUT2D eigenvalue weighted by Crippen LogP contribution is -2.63. The Balaban J connectivity index is 2.02. The first-order valence-corrected chi connectivity index (χ1v) is 4.68. The molecule has 2 atom stereocenters. The van der Waals surface area contributed by atoms with Crippen LogP contribution in [-0.4, -0.2) is 24.2 Å². The summed E-state index contributed by atoms with van der Waals surface area (Å²) in [4.78, 5) is 0. The molecule has 0 amide bonds. The molecule has 2 heteroatoms. The molecule has 0 spiro atoms. The van der Waals surface area contributed by atoms with Crippen LogP contribution >= 0.6 is 0 Å². The molecule has 2 fully saturated rings. The van der Waals surface area contributed by atoms with E-state index in [9.17, 15) is 0 Å². The molecule has 0 bridgehead atoms. The molecule has 1 aliphatic carbocycles. The standard InChI is InChI=1S/C9H18N2/c1-9(2)6-10-7-4-3-5-8(7)11-9/h7-8,10-11H,3-6H2,1-2H3/t7-,8-/m0/s1. The second-order valence-electron chi connectivity index (χ2n) is 4.55. The van der Waals surface area contributed by atoms with E-state index < -0.39 is 0 Å². The van der Waals surface area contributed by atoms with Gasteiger partial charge in [-0.25, -0.2) is 0 Å². The van der Waals surface area contributed by atoms with Gasteiger partial charge in [0.05, 0.1) is 0 Å². The number of fused-ring (bicyclic) bond motifs is 1. The van der Waals surface area contributed by atoms with Crippen molar-refractivity contribution in [2.24, 2.45) is 0 Å². The topological polar surface area (TPSA) is 24.1 Å². The molecule has 2 nitrogen and oxygen atoms in total. The number of hydrogen-bond acceptors (Lipinski definition) is 2. The third-order valence-corrected chi connectivity index (χ3v) is 2.90. The number of rotatable bonds is 0. The molecule has 2 aliphatic rings. The summed E-state index contributed by atoms with van der Waals surface area (Å²) in [5.74, 6) is 0. The van der Waals surface area contributed by atoms with E-state index >= 15 is 0 Å². The van der Waals surface area contributed by atoms with Gasteiger partial charge in [-0.15, -0.1) is 0 Å². The summed E-state index contributed by atoms with van der Waals surface area (Å²) in [7, 11) is 0. The first kappa shape index (κ1) is 7.56. The van der Waals surface area contributed by atoms with Gasteiger partial charge < -0.3 is 10.6 Å². The minimum Gasteiger partial charge on any atom is -0.311 e. The Morgan fingerprint density at radius 3 is 2.73 bits per heavy atom. The highest BCUT2D eigenvalue weighted by atomic mass is 15.2. The van der Waals surface area contributed by atoms with Gasteiger partial charge in [-0.2, -0.15) is 0 Å². The van der Waals surface area contributed by atoms with E-state index in [1.807, 2.05) is 0 Å². The number of nitrogens with one attached hydrogen (secondary N) is 2. The van der Waals surface area contributed by atoms with Crippen molar-refractivity contribution in [3.05, 3.63) is 0 Å². The fourth-order valence-electron chi connectivity index (χ4n) is 2.32. The minimum absolute atomic E-state index is 0.311. The van der Waals surface area contributed by atoms with Gasteiger partial charge >= 0.3 is 0 Å².